The second-order valence-electron chi connectivity index (χ2n) is 4.16. The summed E-state index contributed by atoms with van der Waals surface area (Å²) in [5.41, 5.74) is 9.12. The lowest BCUT2D eigenvalue weighted by molar-refractivity contribution is 0.504. The van der Waals surface area contributed by atoms with Gasteiger partial charge in [0, 0.05) is 6.54 Å². The summed E-state index contributed by atoms with van der Waals surface area (Å²) in [6.45, 7) is 5.83. The molecule has 0 atom stereocenters. The fraction of sp³-hybridized carbons (Fsp3) is 0.286. The summed E-state index contributed by atoms with van der Waals surface area (Å²) in [5.74, 6) is 0.952. The van der Waals surface area contributed by atoms with E-state index in [-0.39, 0.29) is 0 Å². The number of aryl methyl sites for hydroxylation is 1. The van der Waals surface area contributed by atoms with Crippen molar-refractivity contribution in [3.8, 4) is 0 Å². The third-order valence-corrected chi connectivity index (χ3v) is 2.84. The van der Waals surface area contributed by atoms with E-state index in [1.165, 1.54) is 5.56 Å². The molecule has 3 heteroatoms. The highest BCUT2D eigenvalue weighted by Crippen LogP contribution is 2.25. The van der Waals surface area contributed by atoms with Crippen LogP contribution in [0.5, 0.6) is 0 Å². The highest BCUT2D eigenvalue weighted by atomic mass is 16.3. The predicted octanol–water partition coefficient (Wildman–Crippen LogP) is 3.20. The van der Waals surface area contributed by atoms with Crippen LogP contribution in [0.15, 0.2) is 41.0 Å². The van der Waals surface area contributed by atoms with Crippen molar-refractivity contribution in [2.75, 3.05) is 17.2 Å². The minimum Gasteiger partial charge on any atom is -0.467 e. The first kappa shape index (κ1) is 11.6. The second kappa shape index (κ2) is 4.95. The zero-order chi connectivity index (χ0) is 12.3. The van der Waals surface area contributed by atoms with Crippen LogP contribution in [0.4, 0.5) is 11.4 Å². The van der Waals surface area contributed by atoms with Gasteiger partial charge in [0.2, 0.25) is 0 Å². The Hall–Kier alpha value is -1.90. The van der Waals surface area contributed by atoms with Crippen molar-refractivity contribution in [3.63, 3.8) is 0 Å². The van der Waals surface area contributed by atoms with E-state index in [4.69, 9.17) is 10.2 Å². The number of hydrogen-bond acceptors (Lipinski definition) is 3. The molecule has 2 rings (SSSR count). The van der Waals surface area contributed by atoms with Crippen molar-refractivity contribution in [2.24, 2.45) is 0 Å². The first-order valence-electron chi connectivity index (χ1n) is 5.84. The van der Waals surface area contributed by atoms with Crippen molar-refractivity contribution in [3.05, 3.63) is 47.9 Å². The van der Waals surface area contributed by atoms with Crippen molar-refractivity contribution in [2.45, 2.75) is 20.4 Å². The zero-order valence-corrected chi connectivity index (χ0v) is 10.3. The molecule has 0 unspecified atom stereocenters. The van der Waals surface area contributed by atoms with Gasteiger partial charge in [-0.3, -0.25) is 0 Å². The van der Waals surface area contributed by atoms with Crippen LogP contribution in [0.2, 0.25) is 0 Å². The molecule has 2 aromatic rings. The minimum atomic E-state index is 0.747. The van der Waals surface area contributed by atoms with Gasteiger partial charge in [0.05, 0.1) is 24.2 Å². The average molecular weight is 230 g/mol. The lowest BCUT2D eigenvalue weighted by Crippen LogP contribution is -2.22. The zero-order valence-electron chi connectivity index (χ0n) is 10.3. The molecule has 0 bridgehead atoms. The molecule has 0 aliphatic heterocycles. The van der Waals surface area contributed by atoms with Crippen LogP contribution in [0.25, 0.3) is 0 Å². The Morgan fingerprint density at radius 3 is 2.76 bits per heavy atom. The van der Waals surface area contributed by atoms with Gasteiger partial charge in [-0.05, 0) is 43.7 Å². The van der Waals surface area contributed by atoms with Gasteiger partial charge in [0.15, 0.2) is 0 Å². The number of nitrogen functional groups attached to an aromatic ring is 1. The summed E-state index contributed by atoms with van der Waals surface area (Å²) >= 11 is 0. The third kappa shape index (κ3) is 2.61. The number of benzene rings is 1. The number of nitrogens with two attached hydrogens (primary N) is 1. The van der Waals surface area contributed by atoms with Gasteiger partial charge in [-0.25, -0.2) is 0 Å². The first-order valence-corrected chi connectivity index (χ1v) is 5.84. The Morgan fingerprint density at radius 2 is 2.12 bits per heavy atom. The van der Waals surface area contributed by atoms with Gasteiger partial charge in [-0.1, -0.05) is 6.07 Å². The maximum atomic E-state index is 6.02. The molecular formula is C14H18N2O. The van der Waals surface area contributed by atoms with E-state index in [1.54, 1.807) is 6.26 Å². The Morgan fingerprint density at radius 1 is 1.29 bits per heavy atom. The summed E-state index contributed by atoms with van der Waals surface area (Å²) in [7, 11) is 0. The van der Waals surface area contributed by atoms with E-state index in [9.17, 15) is 0 Å². The topological polar surface area (TPSA) is 42.4 Å². The van der Waals surface area contributed by atoms with Crippen LogP contribution in [0, 0.1) is 6.92 Å². The van der Waals surface area contributed by atoms with Gasteiger partial charge < -0.3 is 15.1 Å². The monoisotopic (exact) mass is 230 g/mol. The Bertz CT molecular complexity index is 477. The molecule has 0 spiro atoms. The Kier molecular flexibility index (Phi) is 3.38. The fourth-order valence-electron chi connectivity index (χ4n) is 1.89. The van der Waals surface area contributed by atoms with Crippen molar-refractivity contribution < 1.29 is 4.42 Å². The van der Waals surface area contributed by atoms with Crippen LogP contribution in [0.1, 0.15) is 18.2 Å². The first-order chi connectivity index (χ1) is 8.20. The molecule has 0 aliphatic rings. The van der Waals surface area contributed by atoms with Gasteiger partial charge in [0.1, 0.15) is 5.76 Å². The molecule has 90 valence electrons. The maximum absolute atomic E-state index is 6.02. The smallest absolute Gasteiger partial charge is 0.123 e. The summed E-state index contributed by atoms with van der Waals surface area (Å²) in [4.78, 5) is 2.21. The van der Waals surface area contributed by atoms with Crippen molar-refractivity contribution >= 4 is 11.4 Å². The highest BCUT2D eigenvalue weighted by molar-refractivity contribution is 5.68. The second-order valence-corrected chi connectivity index (χ2v) is 4.16. The van der Waals surface area contributed by atoms with Crippen LogP contribution in [0.3, 0.4) is 0 Å². The molecular weight excluding hydrogens is 212 g/mol. The Balaban J connectivity index is 2.25. The molecule has 0 fully saturated rings. The van der Waals surface area contributed by atoms with E-state index < -0.39 is 0 Å². The summed E-state index contributed by atoms with van der Waals surface area (Å²) < 4.78 is 5.37. The van der Waals surface area contributed by atoms with E-state index in [0.29, 0.717) is 0 Å². The standard InChI is InChI=1S/C14H18N2O/c1-3-16(10-12-5-4-8-17-12)14-9-11(2)6-7-13(14)15/h4-9H,3,10,15H2,1-2H3. The van der Waals surface area contributed by atoms with Crippen LogP contribution < -0.4 is 10.6 Å². The van der Waals surface area contributed by atoms with E-state index in [0.717, 1.165) is 30.2 Å². The van der Waals surface area contributed by atoms with Gasteiger partial charge >= 0.3 is 0 Å². The maximum Gasteiger partial charge on any atom is 0.123 e. The quantitative estimate of drug-likeness (QED) is 0.820. The van der Waals surface area contributed by atoms with E-state index in [2.05, 4.69) is 24.8 Å². The van der Waals surface area contributed by atoms with Crippen LogP contribution in [-0.2, 0) is 6.54 Å². The van der Waals surface area contributed by atoms with Crippen LogP contribution >= 0.6 is 0 Å². The SMILES string of the molecule is CCN(Cc1ccco1)c1cc(C)ccc1N. The van der Waals surface area contributed by atoms with Crippen molar-refractivity contribution in [1.82, 2.24) is 0 Å². The van der Waals surface area contributed by atoms with Gasteiger partial charge in [-0.2, -0.15) is 0 Å². The summed E-state index contributed by atoms with van der Waals surface area (Å²) in [6.07, 6.45) is 1.70. The molecule has 0 saturated heterocycles. The molecule has 2 N–H and O–H groups in total. The summed E-state index contributed by atoms with van der Waals surface area (Å²) in [6, 6.07) is 9.98. The molecule has 17 heavy (non-hydrogen) atoms. The molecule has 1 aromatic heterocycles. The molecule has 3 nitrogen and oxygen atoms in total. The molecule has 0 amide bonds. The van der Waals surface area contributed by atoms with Crippen molar-refractivity contribution in [1.29, 1.82) is 0 Å². The van der Waals surface area contributed by atoms with E-state index in [1.807, 2.05) is 24.3 Å². The lowest BCUT2D eigenvalue weighted by Gasteiger charge is -2.24. The normalized spacial score (nSPS) is 10.5. The highest BCUT2D eigenvalue weighted by Gasteiger charge is 2.10. The molecule has 1 aromatic carbocycles. The van der Waals surface area contributed by atoms with Gasteiger partial charge in [-0.15, -0.1) is 0 Å². The number of rotatable bonds is 4. The van der Waals surface area contributed by atoms with Gasteiger partial charge in [0.25, 0.3) is 0 Å². The van der Waals surface area contributed by atoms with E-state index >= 15 is 0 Å². The summed E-state index contributed by atoms with van der Waals surface area (Å²) in [5, 5.41) is 0. The number of anilines is 2. The third-order valence-electron chi connectivity index (χ3n) is 2.84. The lowest BCUT2D eigenvalue weighted by atomic mass is 10.1. The van der Waals surface area contributed by atoms with Crippen LogP contribution in [-0.4, -0.2) is 6.54 Å². The average Bonchev–Trinajstić information content (AvgIpc) is 2.82. The minimum absolute atomic E-state index is 0.747. The largest absolute Gasteiger partial charge is 0.467 e. The fourth-order valence-corrected chi connectivity index (χ4v) is 1.89. The number of nitrogens with zero attached hydrogens (tertiary/aromatic N) is 1. The predicted molar refractivity (Wildman–Crippen MR) is 71.0 cm³/mol. The Labute approximate surface area is 102 Å². The molecule has 0 saturated carbocycles. The molecule has 0 aliphatic carbocycles. The number of furan rings is 1. The number of hydrogen-bond donors (Lipinski definition) is 1. The molecule has 1 heterocycles. The molecule has 0 radical (unpaired) electrons.